The van der Waals surface area contributed by atoms with E-state index in [1.165, 1.54) is 0 Å². The number of carbonyl (C=O) groups excluding carboxylic acids is 4. The smallest absolute Gasteiger partial charge is 0.369 e. The van der Waals surface area contributed by atoms with Crippen molar-refractivity contribution in [3.8, 4) is 6.07 Å². The molecular formula is C30H48F3N5O5. The Morgan fingerprint density at radius 3 is 2.02 bits per heavy atom. The molecule has 3 aliphatic carbocycles. The maximum Gasteiger partial charge on any atom is 0.417 e. The second kappa shape index (κ2) is 14.7. The van der Waals surface area contributed by atoms with E-state index in [2.05, 4.69) is 55.3 Å². The summed E-state index contributed by atoms with van der Waals surface area (Å²) < 4.78 is 40.5. The van der Waals surface area contributed by atoms with E-state index in [1.54, 1.807) is 0 Å². The molecule has 43 heavy (non-hydrogen) atoms. The summed E-state index contributed by atoms with van der Waals surface area (Å²) in [5, 5.41) is 16.5. The summed E-state index contributed by atoms with van der Waals surface area (Å²) in [6.07, 6.45) is 1.08. The van der Waals surface area contributed by atoms with E-state index in [1.807, 2.05) is 11.0 Å². The number of hydrogen-bond acceptors (Lipinski definition) is 6. The van der Waals surface area contributed by atoms with Gasteiger partial charge < -0.3 is 25.6 Å². The van der Waals surface area contributed by atoms with Crippen molar-refractivity contribution in [3.05, 3.63) is 0 Å². The standard InChI is InChI=1S/C10H13N3O2.C10H16N2O2.C6H9F3O.C4H10/c11-5-8(12-6-14)3-7-4-10(1-2-10)13-9(7)15;1-10(2)7-4-12(5-8(7)10)9(14)3-11-6-13;1-10-5(3-2-4-5)6(7,8)9;1-4(2)3/h6-8H,1-4H2,(H,12,14)(H,13,15);6-8H,3-5H2,1-2H3,(H,11,13);2-4H2,1H3;4H,1-3H3. The predicted molar refractivity (Wildman–Crippen MR) is 153 cm³/mol. The lowest BCUT2D eigenvalue weighted by atomic mass is 9.79. The molecule has 4 atom stereocenters. The number of methoxy groups -OCH3 is 1. The SMILES string of the molecule is CC(C)C.CC1(C)C2CN(C(=O)CNC=O)CC21.COC1(C(F)(F)F)CCC1.N#CC(CC1CC2(CC2)NC1=O)NC=O. The lowest BCUT2D eigenvalue weighted by Gasteiger charge is -2.41. The molecule has 1 spiro atoms. The topological polar surface area (TPSA) is 141 Å². The number of amides is 4. The monoisotopic (exact) mass is 615 g/mol. The molecule has 5 fully saturated rings. The Morgan fingerprint density at radius 1 is 1.14 bits per heavy atom. The number of nitrogens with one attached hydrogen (secondary N) is 3. The molecule has 2 aliphatic heterocycles. The van der Waals surface area contributed by atoms with Crippen LogP contribution in [0, 0.1) is 40.4 Å². The fourth-order valence-electron chi connectivity index (χ4n) is 5.85. The summed E-state index contributed by atoms with van der Waals surface area (Å²) in [5.41, 5.74) is -1.31. The third kappa shape index (κ3) is 9.55. The molecule has 10 nitrogen and oxygen atoms in total. The number of nitrogens with zero attached hydrogens (tertiary/aromatic N) is 2. The molecule has 2 saturated heterocycles. The van der Waals surface area contributed by atoms with Crippen molar-refractivity contribution in [3.63, 3.8) is 0 Å². The maximum absolute atomic E-state index is 12.0. The summed E-state index contributed by atoms with van der Waals surface area (Å²) in [6, 6.07) is 1.43. The molecule has 0 aromatic heterocycles. The molecule has 0 radical (unpaired) electrons. The first-order valence-electron chi connectivity index (χ1n) is 15.0. The molecule has 2 heterocycles. The van der Waals surface area contributed by atoms with Crippen molar-refractivity contribution in [2.24, 2.45) is 29.1 Å². The van der Waals surface area contributed by atoms with Gasteiger partial charge in [-0.2, -0.15) is 18.4 Å². The summed E-state index contributed by atoms with van der Waals surface area (Å²) in [4.78, 5) is 45.1. The molecular weight excluding hydrogens is 567 g/mol. The van der Waals surface area contributed by atoms with Gasteiger partial charge in [0.1, 0.15) is 6.04 Å². The van der Waals surface area contributed by atoms with Crippen LogP contribution in [0.25, 0.3) is 0 Å². The van der Waals surface area contributed by atoms with Crippen molar-refractivity contribution in [2.45, 2.75) is 103 Å². The minimum Gasteiger partial charge on any atom is -0.369 e. The van der Waals surface area contributed by atoms with Gasteiger partial charge in [0.05, 0.1) is 12.6 Å². The zero-order chi connectivity index (χ0) is 32.6. The molecule has 13 heteroatoms. The largest absolute Gasteiger partial charge is 0.417 e. The zero-order valence-electron chi connectivity index (χ0n) is 26.2. The van der Waals surface area contributed by atoms with Gasteiger partial charge in [0.25, 0.3) is 0 Å². The summed E-state index contributed by atoms with van der Waals surface area (Å²) in [5.74, 6) is 2.15. The van der Waals surface area contributed by atoms with Gasteiger partial charge in [-0.15, -0.1) is 0 Å². The molecule has 4 unspecified atom stereocenters. The molecule has 3 saturated carbocycles. The number of fused-ring (bicyclic) bond motifs is 1. The Bertz CT molecular complexity index is 998. The van der Waals surface area contributed by atoms with E-state index < -0.39 is 17.8 Å². The van der Waals surface area contributed by atoms with Crippen molar-refractivity contribution in [1.29, 1.82) is 5.26 Å². The summed E-state index contributed by atoms with van der Waals surface area (Å²) in [7, 11) is 1.12. The van der Waals surface area contributed by atoms with E-state index >= 15 is 0 Å². The van der Waals surface area contributed by atoms with Crippen LogP contribution in [0.2, 0.25) is 0 Å². The zero-order valence-corrected chi connectivity index (χ0v) is 26.2. The minimum atomic E-state index is -4.18. The number of halogens is 3. The van der Waals surface area contributed by atoms with Gasteiger partial charge in [-0.3, -0.25) is 19.2 Å². The van der Waals surface area contributed by atoms with Crippen LogP contribution in [0.5, 0.6) is 0 Å². The summed E-state index contributed by atoms with van der Waals surface area (Å²) in [6.45, 7) is 12.9. The number of alkyl halides is 3. The molecule has 3 N–H and O–H groups in total. The number of likely N-dealkylation sites (tertiary alicyclic amines) is 1. The Hall–Kier alpha value is -2.88. The van der Waals surface area contributed by atoms with Crippen LogP contribution >= 0.6 is 0 Å². The van der Waals surface area contributed by atoms with Crippen LogP contribution in [-0.2, 0) is 23.9 Å². The average Bonchev–Trinajstić information content (AvgIpc) is 3.57. The van der Waals surface area contributed by atoms with Gasteiger partial charge in [-0.25, -0.2) is 0 Å². The number of rotatable bonds is 8. The molecule has 0 aromatic carbocycles. The normalized spacial score (nSPS) is 26.7. The molecule has 4 amide bonds. The van der Waals surface area contributed by atoms with Crippen LogP contribution in [0.4, 0.5) is 13.2 Å². The number of carbonyl (C=O) groups is 4. The quantitative estimate of drug-likeness (QED) is 0.358. The van der Waals surface area contributed by atoms with Crippen LogP contribution in [0.3, 0.4) is 0 Å². The van der Waals surface area contributed by atoms with E-state index in [0.717, 1.165) is 45.4 Å². The van der Waals surface area contributed by atoms with Crippen molar-refractivity contribution >= 4 is 24.6 Å². The number of hydrogen-bond donors (Lipinski definition) is 3. The molecule has 244 valence electrons. The fourth-order valence-corrected chi connectivity index (χ4v) is 5.85. The van der Waals surface area contributed by atoms with Crippen LogP contribution in [0.1, 0.15) is 79.6 Å². The van der Waals surface area contributed by atoms with E-state index in [4.69, 9.17) is 5.26 Å². The number of nitriles is 1. The highest BCUT2D eigenvalue weighted by Gasteiger charge is 2.62. The van der Waals surface area contributed by atoms with E-state index in [9.17, 15) is 32.3 Å². The van der Waals surface area contributed by atoms with Crippen molar-refractivity contribution in [1.82, 2.24) is 20.9 Å². The molecule has 5 aliphatic rings. The predicted octanol–water partition coefficient (Wildman–Crippen LogP) is 3.31. The highest BCUT2D eigenvalue weighted by atomic mass is 19.4. The average molecular weight is 616 g/mol. The Balaban J connectivity index is 0.000000215. The Morgan fingerprint density at radius 2 is 1.70 bits per heavy atom. The van der Waals surface area contributed by atoms with Gasteiger partial charge in [0.15, 0.2) is 5.60 Å². The van der Waals surface area contributed by atoms with Crippen molar-refractivity contribution < 1.29 is 37.1 Å². The van der Waals surface area contributed by atoms with Crippen LogP contribution < -0.4 is 16.0 Å². The lowest BCUT2D eigenvalue weighted by molar-refractivity contribution is -0.296. The first-order chi connectivity index (χ1) is 20.0. The third-order valence-corrected chi connectivity index (χ3v) is 9.08. The fraction of sp³-hybridized carbons (Fsp3) is 0.833. The van der Waals surface area contributed by atoms with Gasteiger partial charge >= 0.3 is 6.18 Å². The molecule has 0 bridgehead atoms. The second-order valence-electron chi connectivity index (χ2n) is 13.5. The number of piperidine rings is 1. The van der Waals surface area contributed by atoms with Gasteiger partial charge in [0.2, 0.25) is 24.6 Å². The highest BCUT2D eigenvalue weighted by molar-refractivity contribution is 5.83. The number of ether oxygens (including phenoxy) is 1. The first kappa shape index (κ1) is 36.3. The van der Waals surface area contributed by atoms with Crippen LogP contribution in [-0.4, -0.2) is 79.6 Å². The Labute approximate surface area is 252 Å². The second-order valence-corrected chi connectivity index (χ2v) is 13.5. The van der Waals surface area contributed by atoms with Crippen molar-refractivity contribution in [2.75, 3.05) is 26.7 Å². The van der Waals surface area contributed by atoms with E-state index in [-0.39, 0.29) is 42.7 Å². The van der Waals surface area contributed by atoms with Gasteiger partial charge in [0, 0.05) is 31.7 Å². The highest BCUT2D eigenvalue weighted by Crippen LogP contribution is 2.61. The summed E-state index contributed by atoms with van der Waals surface area (Å²) >= 11 is 0. The molecule has 5 rings (SSSR count). The lowest BCUT2D eigenvalue weighted by Crippen LogP contribution is -2.52. The first-order valence-corrected chi connectivity index (χ1v) is 15.0. The molecule has 0 aromatic rings. The van der Waals surface area contributed by atoms with Gasteiger partial charge in [-0.1, -0.05) is 34.6 Å². The minimum absolute atomic E-state index is 0.0282. The maximum atomic E-state index is 12.0. The van der Waals surface area contributed by atoms with E-state index in [0.29, 0.717) is 42.9 Å². The Kier molecular flexibility index (Phi) is 12.4. The van der Waals surface area contributed by atoms with Crippen LogP contribution in [0.15, 0.2) is 0 Å². The van der Waals surface area contributed by atoms with Gasteiger partial charge in [-0.05, 0) is 68.1 Å². The third-order valence-electron chi connectivity index (χ3n) is 9.08.